The van der Waals surface area contributed by atoms with Crippen LogP contribution >= 0.6 is 11.3 Å². The number of thiazole rings is 1. The molecule has 3 aromatic heterocycles. The third-order valence-corrected chi connectivity index (χ3v) is 6.10. The Hall–Kier alpha value is -3.78. The fourth-order valence-corrected chi connectivity index (χ4v) is 4.25. The molecule has 1 aromatic carbocycles. The first-order chi connectivity index (χ1) is 16.0. The van der Waals surface area contributed by atoms with Gasteiger partial charge in [0.05, 0.1) is 23.9 Å². The van der Waals surface area contributed by atoms with E-state index < -0.39 is 0 Å². The molecule has 0 bridgehead atoms. The number of carbonyl (C=O) groups excluding carboxylic acids is 1. The SMILES string of the molecule is COc1ccc(CNC(=O)c2cc(-c3csc(-c4ccncc4)n3)c(=O)[nH]c2C(C)C)cc1. The minimum absolute atomic E-state index is 0.0312. The minimum Gasteiger partial charge on any atom is -0.497 e. The fraction of sp³-hybridized carbons (Fsp3) is 0.200. The molecule has 0 saturated carbocycles. The van der Waals surface area contributed by atoms with E-state index >= 15 is 0 Å². The molecule has 7 nitrogen and oxygen atoms in total. The zero-order valence-corrected chi connectivity index (χ0v) is 19.4. The molecular weight excluding hydrogens is 436 g/mol. The van der Waals surface area contributed by atoms with E-state index in [1.807, 2.05) is 55.6 Å². The number of hydrogen-bond donors (Lipinski definition) is 2. The molecule has 0 saturated heterocycles. The number of H-pyrrole nitrogens is 1. The second kappa shape index (κ2) is 9.79. The highest BCUT2D eigenvalue weighted by atomic mass is 32.1. The molecule has 4 aromatic rings. The van der Waals surface area contributed by atoms with Gasteiger partial charge >= 0.3 is 0 Å². The summed E-state index contributed by atoms with van der Waals surface area (Å²) < 4.78 is 5.17. The van der Waals surface area contributed by atoms with Crippen LogP contribution in [0.3, 0.4) is 0 Å². The molecule has 0 unspecified atom stereocenters. The van der Waals surface area contributed by atoms with Crippen LogP contribution in [0.5, 0.6) is 5.75 Å². The fourth-order valence-electron chi connectivity index (χ4n) is 3.42. The number of amides is 1. The summed E-state index contributed by atoms with van der Waals surface area (Å²) in [5, 5.41) is 5.56. The normalized spacial score (nSPS) is 10.9. The van der Waals surface area contributed by atoms with E-state index in [4.69, 9.17) is 4.74 Å². The lowest BCUT2D eigenvalue weighted by Gasteiger charge is -2.14. The number of nitrogens with one attached hydrogen (secondary N) is 2. The summed E-state index contributed by atoms with van der Waals surface area (Å²) in [6, 6.07) is 12.9. The van der Waals surface area contributed by atoms with Crippen molar-refractivity contribution in [2.75, 3.05) is 7.11 Å². The van der Waals surface area contributed by atoms with E-state index in [1.54, 1.807) is 25.6 Å². The largest absolute Gasteiger partial charge is 0.497 e. The van der Waals surface area contributed by atoms with Gasteiger partial charge in [-0.05, 0) is 41.8 Å². The van der Waals surface area contributed by atoms with Crippen LogP contribution in [-0.4, -0.2) is 28.0 Å². The summed E-state index contributed by atoms with van der Waals surface area (Å²) in [4.78, 5) is 37.5. The average molecular weight is 461 g/mol. The monoisotopic (exact) mass is 460 g/mol. The predicted molar refractivity (Wildman–Crippen MR) is 130 cm³/mol. The van der Waals surface area contributed by atoms with Gasteiger partial charge in [-0.3, -0.25) is 14.6 Å². The molecule has 0 radical (unpaired) electrons. The molecule has 0 fully saturated rings. The van der Waals surface area contributed by atoms with Gasteiger partial charge < -0.3 is 15.0 Å². The Labute approximate surface area is 195 Å². The molecule has 168 valence electrons. The summed E-state index contributed by atoms with van der Waals surface area (Å²) in [6.45, 7) is 4.24. The summed E-state index contributed by atoms with van der Waals surface area (Å²) in [6.07, 6.45) is 3.40. The molecule has 8 heteroatoms. The summed E-state index contributed by atoms with van der Waals surface area (Å²) in [5.74, 6) is 0.472. The van der Waals surface area contributed by atoms with Crippen molar-refractivity contribution in [1.82, 2.24) is 20.3 Å². The second-order valence-electron chi connectivity index (χ2n) is 7.80. The quantitative estimate of drug-likeness (QED) is 0.419. The van der Waals surface area contributed by atoms with Crippen molar-refractivity contribution in [2.24, 2.45) is 0 Å². The van der Waals surface area contributed by atoms with Gasteiger partial charge in [-0.25, -0.2) is 4.98 Å². The Morgan fingerprint density at radius 2 is 1.88 bits per heavy atom. The maximum atomic E-state index is 13.1. The number of aromatic nitrogens is 3. The van der Waals surface area contributed by atoms with Crippen molar-refractivity contribution >= 4 is 17.2 Å². The summed E-state index contributed by atoms with van der Waals surface area (Å²) in [7, 11) is 1.61. The number of nitrogens with zero attached hydrogens (tertiary/aromatic N) is 2. The Kier molecular flexibility index (Phi) is 6.65. The number of hydrogen-bond acceptors (Lipinski definition) is 6. The number of ether oxygens (including phenoxy) is 1. The summed E-state index contributed by atoms with van der Waals surface area (Å²) >= 11 is 1.44. The first-order valence-electron chi connectivity index (χ1n) is 10.5. The zero-order chi connectivity index (χ0) is 23.4. The number of rotatable bonds is 7. The van der Waals surface area contributed by atoms with Crippen molar-refractivity contribution in [3.05, 3.63) is 87.4 Å². The van der Waals surface area contributed by atoms with Gasteiger partial charge in [-0.1, -0.05) is 26.0 Å². The lowest BCUT2D eigenvalue weighted by molar-refractivity contribution is 0.0949. The van der Waals surface area contributed by atoms with Crippen LogP contribution in [0.15, 0.2) is 65.0 Å². The summed E-state index contributed by atoms with van der Waals surface area (Å²) in [5.41, 5.74) is 3.54. The Bertz CT molecular complexity index is 1310. The molecule has 2 N–H and O–H groups in total. The van der Waals surface area contributed by atoms with E-state index in [2.05, 4.69) is 20.3 Å². The van der Waals surface area contributed by atoms with E-state index in [0.717, 1.165) is 21.9 Å². The first-order valence-corrected chi connectivity index (χ1v) is 11.4. The standard InChI is InChI=1S/C25H24N4O3S/c1-15(2)22-20(23(30)27-13-16-4-6-18(32-3)7-5-16)12-19(24(31)29-22)21-14-33-25(28-21)17-8-10-26-11-9-17/h4-12,14-15H,13H2,1-3H3,(H,27,30)(H,29,31). The number of methoxy groups -OCH3 is 1. The van der Waals surface area contributed by atoms with Crippen molar-refractivity contribution in [3.63, 3.8) is 0 Å². The van der Waals surface area contributed by atoms with Gasteiger partial charge in [0.2, 0.25) is 0 Å². The second-order valence-corrected chi connectivity index (χ2v) is 8.66. The number of carbonyl (C=O) groups is 1. The molecule has 1 amide bonds. The molecule has 0 aliphatic heterocycles. The van der Waals surface area contributed by atoms with E-state index in [-0.39, 0.29) is 17.4 Å². The van der Waals surface area contributed by atoms with Gasteiger partial charge in [-0.15, -0.1) is 11.3 Å². The van der Waals surface area contributed by atoms with E-state index in [9.17, 15) is 9.59 Å². The van der Waals surface area contributed by atoms with Gasteiger partial charge in [0.1, 0.15) is 10.8 Å². The van der Waals surface area contributed by atoms with Crippen LogP contribution in [0.1, 0.15) is 41.4 Å². The third-order valence-electron chi connectivity index (χ3n) is 5.21. The highest BCUT2D eigenvalue weighted by molar-refractivity contribution is 7.13. The molecule has 0 aliphatic rings. The first kappa shape index (κ1) is 22.4. The van der Waals surface area contributed by atoms with Crippen molar-refractivity contribution in [3.8, 4) is 27.6 Å². The average Bonchev–Trinajstić information content (AvgIpc) is 3.33. The Morgan fingerprint density at radius 3 is 2.55 bits per heavy atom. The molecular formula is C25H24N4O3S. The van der Waals surface area contributed by atoms with Crippen LogP contribution in [0.2, 0.25) is 0 Å². The Balaban J connectivity index is 1.63. The highest BCUT2D eigenvalue weighted by Crippen LogP contribution is 2.28. The minimum atomic E-state index is -0.267. The van der Waals surface area contributed by atoms with E-state index in [0.29, 0.717) is 29.1 Å². The van der Waals surface area contributed by atoms with Crippen LogP contribution in [0, 0.1) is 0 Å². The Morgan fingerprint density at radius 1 is 1.15 bits per heavy atom. The number of pyridine rings is 2. The van der Waals surface area contributed by atoms with Crippen LogP contribution in [-0.2, 0) is 6.54 Å². The van der Waals surface area contributed by atoms with Crippen molar-refractivity contribution in [1.29, 1.82) is 0 Å². The number of benzene rings is 1. The predicted octanol–water partition coefficient (Wildman–Crippen LogP) is 4.62. The zero-order valence-electron chi connectivity index (χ0n) is 18.6. The van der Waals surface area contributed by atoms with Crippen LogP contribution in [0.4, 0.5) is 0 Å². The number of aromatic amines is 1. The molecule has 0 spiro atoms. The van der Waals surface area contributed by atoms with Gasteiger partial charge in [0.25, 0.3) is 11.5 Å². The maximum absolute atomic E-state index is 13.1. The highest BCUT2D eigenvalue weighted by Gasteiger charge is 2.19. The maximum Gasteiger partial charge on any atom is 0.257 e. The topological polar surface area (TPSA) is 97.0 Å². The molecule has 3 heterocycles. The van der Waals surface area contributed by atoms with Crippen molar-refractivity contribution < 1.29 is 9.53 Å². The lowest BCUT2D eigenvalue weighted by atomic mass is 10.0. The molecule has 0 aliphatic carbocycles. The van der Waals surface area contributed by atoms with Gasteiger partial charge in [0, 0.05) is 35.6 Å². The third kappa shape index (κ3) is 5.01. The lowest BCUT2D eigenvalue weighted by Crippen LogP contribution is -2.27. The molecule has 4 rings (SSSR count). The van der Waals surface area contributed by atoms with Gasteiger partial charge in [-0.2, -0.15) is 0 Å². The van der Waals surface area contributed by atoms with Gasteiger partial charge in [0.15, 0.2) is 0 Å². The molecule has 33 heavy (non-hydrogen) atoms. The smallest absolute Gasteiger partial charge is 0.257 e. The molecule has 0 atom stereocenters. The van der Waals surface area contributed by atoms with Crippen LogP contribution in [0.25, 0.3) is 21.8 Å². The van der Waals surface area contributed by atoms with Crippen LogP contribution < -0.4 is 15.6 Å². The van der Waals surface area contributed by atoms with E-state index in [1.165, 1.54) is 11.3 Å². The van der Waals surface area contributed by atoms with Crippen molar-refractivity contribution in [2.45, 2.75) is 26.3 Å².